The fourth-order valence-corrected chi connectivity index (χ4v) is 2.24. The van der Waals surface area contributed by atoms with E-state index < -0.39 is 16.1 Å². The van der Waals surface area contributed by atoms with Crippen LogP contribution in [-0.4, -0.2) is 37.7 Å². The van der Waals surface area contributed by atoms with Crippen LogP contribution < -0.4 is 10.1 Å². The molecule has 25 heavy (non-hydrogen) atoms. The maximum atomic E-state index is 12.4. The highest BCUT2D eigenvalue weighted by Gasteiger charge is 2.07. The Morgan fingerprint density at radius 3 is 2.32 bits per heavy atom. The minimum absolute atomic E-state index is 0.0666. The second kappa shape index (κ2) is 10.1. The van der Waals surface area contributed by atoms with Crippen molar-refractivity contribution in [1.82, 2.24) is 10.3 Å². The molecule has 1 heterocycles. The number of aromatic nitrogens is 1. The van der Waals surface area contributed by atoms with E-state index in [2.05, 4.69) is 17.2 Å². The zero-order valence-electron chi connectivity index (χ0n) is 14.4. The number of nitrogens with zero attached hydrogens (tertiary/aromatic N) is 1. The first-order valence-electron chi connectivity index (χ1n) is 7.72. The molecule has 1 aromatic heterocycles. The molecule has 0 bridgehead atoms. The van der Waals surface area contributed by atoms with Crippen molar-refractivity contribution in [3.8, 4) is 5.75 Å². The number of rotatable bonds is 6. The second-order valence-electron chi connectivity index (χ2n) is 5.31. The monoisotopic (exact) mass is 370 g/mol. The Kier molecular flexibility index (Phi) is 8.47. The lowest BCUT2D eigenvalue weighted by Crippen LogP contribution is -2.30. The third-order valence-corrected chi connectivity index (χ3v) is 4.24. The number of pyridine rings is 1. The molecule has 0 aliphatic rings. The molecule has 2 rings (SSSR count). The summed E-state index contributed by atoms with van der Waals surface area (Å²) in [5.41, 5.74) is 0.956. The van der Waals surface area contributed by atoms with E-state index in [1.165, 1.54) is 24.4 Å². The summed E-state index contributed by atoms with van der Waals surface area (Å²) in [6.45, 7) is 4.49. The molecular formula is C17H23FN2O4S. The molecule has 6 nitrogen and oxygen atoms in total. The van der Waals surface area contributed by atoms with Crippen LogP contribution in [-0.2, 0) is 10.1 Å². The molecule has 0 radical (unpaired) electrons. The van der Waals surface area contributed by atoms with E-state index in [1.807, 2.05) is 14.0 Å². The Balaban J connectivity index is 0.000000257. The van der Waals surface area contributed by atoms with Gasteiger partial charge < -0.3 is 10.1 Å². The van der Waals surface area contributed by atoms with Crippen LogP contribution in [0.3, 0.4) is 0 Å². The molecule has 0 aliphatic heterocycles. The molecule has 0 amide bonds. The quantitative estimate of drug-likeness (QED) is 0.600. The van der Waals surface area contributed by atoms with Gasteiger partial charge in [-0.25, -0.2) is 4.98 Å². The van der Waals surface area contributed by atoms with E-state index in [0.717, 1.165) is 12.0 Å². The van der Waals surface area contributed by atoms with E-state index in [0.29, 0.717) is 18.4 Å². The average Bonchev–Trinajstić information content (AvgIpc) is 2.57. The largest absolute Gasteiger partial charge is 0.490 e. The number of halogens is 1. The van der Waals surface area contributed by atoms with Gasteiger partial charge in [0.1, 0.15) is 12.4 Å². The smallest absolute Gasteiger partial charge is 0.294 e. The van der Waals surface area contributed by atoms with Crippen molar-refractivity contribution < 1.29 is 22.1 Å². The first-order valence-corrected chi connectivity index (χ1v) is 9.16. The molecule has 2 aromatic rings. The van der Waals surface area contributed by atoms with Gasteiger partial charge in [-0.05, 0) is 44.7 Å². The maximum Gasteiger partial charge on any atom is 0.294 e. The normalized spacial score (nSPS) is 12.0. The maximum absolute atomic E-state index is 12.4. The fraction of sp³-hybridized carbons (Fsp3) is 0.353. The van der Waals surface area contributed by atoms with E-state index in [1.54, 1.807) is 18.2 Å². The molecule has 8 heteroatoms. The summed E-state index contributed by atoms with van der Waals surface area (Å²) < 4.78 is 47.4. The Labute approximate surface area is 147 Å². The van der Waals surface area contributed by atoms with Gasteiger partial charge in [0.15, 0.2) is 0 Å². The van der Waals surface area contributed by atoms with E-state index >= 15 is 0 Å². The zero-order valence-corrected chi connectivity index (χ0v) is 15.3. The molecule has 1 aromatic carbocycles. The highest BCUT2D eigenvalue weighted by atomic mass is 32.2. The van der Waals surface area contributed by atoms with Crippen molar-refractivity contribution in [3.05, 3.63) is 54.1 Å². The van der Waals surface area contributed by atoms with Gasteiger partial charge in [0.05, 0.1) is 11.1 Å². The average molecular weight is 370 g/mol. The molecule has 0 saturated heterocycles. The molecule has 0 aliphatic carbocycles. The van der Waals surface area contributed by atoms with Gasteiger partial charge in [0.2, 0.25) is 5.95 Å². The Hall–Kier alpha value is -2.03. The van der Waals surface area contributed by atoms with Crippen LogP contribution in [0.2, 0.25) is 0 Å². The lowest BCUT2D eigenvalue weighted by atomic mass is 10.2. The summed E-state index contributed by atoms with van der Waals surface area (Å²) >= 11 is 0. The first kappa shape index (κ1) is 21.0. The van der Waals surface area contributed by atoms with Crippen LogP contribution >= 0.6 is 0 Å². The van der Waals surface area contributed by atoms with Crippen molar-refractivity contribution in [2.24, 2.45) is 0 Å². The van der Waals surface area contributed by atoms with Gasteiger partial charge in [0, 0.05) is 6.04 Å². The van der Waals surface area contributed by atoms with Crippen molar-refractivity contribution in [2.45, 2.75) is 31.2 Å². The third kappa shape index (κ3) is 8.06. The molecule has 0 spiro atoms. The minimum Gasteiger partial charge on any atom is -0.490 e. The van der Waals surface area contributed by atoms with E-state index in [9.17, 15) is 12.8 Å². The Morgan fingerprint density at radius 1 is 1.24 bits per heavy atom. The summed E-state index contributed by atoms with van der Waals surface area (Å²) in [6.07, 6.45) is 2.38. The summed E-state index contributed by atoms with van der Waals surface area (Å²) in [6, 6.07) is 9.17. The highest BCUT2D eigenvalue weighted by molar-refractivity contribution is 7.85. The molecule has 0 unspecified atom stereocenters. The number of nitrogens with one attached hydrogen (secondary N) is 1. The van der Waals surface area contributed by atoms with Gasteiger partial charge in [-0.1, -0.05) is 24.6 Å². The molecule has 0 fully saturated rings. The number of aryl methyl sites for hydroxylation is 1. The van der Waals surface area contributed by atoms with Crippen molar-refractivity contribution >= 4 is 10.1 Å². The molecular weight excluding hydrogens is 347 g/mol. The minimum atomic E-state index is -4.02. The molecule has 2 N–H and O–H groups in total. The number of hydrogen-bond donors (Lipinski definition) is 2. The number of likely N-dealkylation sites (N-methyl/N-ethyl adjacent to an activating group) is 1. The number of hydrogen-bond acceptors (Lipinski definition) is 5. The van der Waals surface area contributed by atoms with Crippen LogP contribution in [0.5, 0.6) is 5.75 Å². The van der Waals surface area contributed by atoms with Gasteiger partial charge in [-0.2, -0.15) is 12.8 Å². The SMILES string of the molecule is CC[C@@H](COc1ccc(F)nc1)NC.Cc1ccc(S(=O)(=O)O)cc1. The molecule has 0 saturated carbocycles. The van der Waals surface area contributed by atoms with Crippen LogP contribution in [0, 0.1) is 12.9 Å². The van der Waals surface area contributed by atoms with Crippen LogP contribution in [0.4, 0.5) is 4.39 Å². The number of ether oxygens (including phenoxy) is 1. The summed E-state index contributed by atoms with van der Waals surface area (Å²) in [7, 11) is -2.13. The van der Waals surface area contributed by atoms with Gasteiger partial charge >= 0.3 is 0 Å². The summed E-state index contributed by atoms with van der Waals surface area (Å²) in [5, 5.41) is 3.11. The van der Waals surface area contributed by atoms with Gasteiger partial charge in [0.25, 0.3) is 10.1 Å². The first-order chi connectivity index (χ1) is 11.8. The Bertz CT molecular complexity index is 730. The van der Waals surface area contributed by atoms with Crippen LogP contribution in [0.15, 0.2) is 47.5 Å². The molecule has 138 valence electrons. The van der Waals surface area contributed by atoms with Crippen molar-refractivity contribution in [1.29, 1.82) is 0 Å². The lowest BCUT2D eigenvalue weighted by molar-refractivity contribution is 0.265. The standard InChI is InChI=1S/C10H15FN2O.C7H8O3S/c1-3-8(12-2)7-14-9-4-5-10(11)13-6-9;1-6-2-4-7(5-3-6)11(8,9)10/h4-6,8,12H,3,7H2,1-2H3;2-5H,1H3,(H,8,9,10)/t8-;/m0./s1. The second-order valence-corrected chi connectivity index (χ2v) is 6.73. The van der Waals surface area contributed by atoms with Crippen molar-refractivity contribution in [2.75, 3.05) is 13.7 Å². The van der Waals surface area contributed by atoms with Crippen LogP contribution in [0.25, 0.3) is 0 Å². The topological polar surface area (TPSA) is 88.5 Å². The summed E-state index contributed by atoms with van der Waals surface area (Å²) in [4.78, 5) is 3.43. The zero-order chi connectivity index (χ0) is 18.9. The Morgan fingerprint density at radius 2 is 1.88 bits per heavy atom. The van der Waals surface area contributed by atoms with Crippen LogP contribution in [0.1, 0.15) is 18.9 Å². The summed E-state index contributed by atoms with van der Waals surface area (Å²) in [5.74, 6) is 0.109. The molecule has 1 atom stereocenters. The van der Waals surface area contributed by atoms with Gasteiger partial charge in [-0.3, -0.25) is 4.55 Å². The van der Waals surface area contributed by atoms with Gasteiger partial charge in [-0.15, -0.1) is 0 Å². The lowest BCUT2D eigenvalue weighted by Gasteiger charge is -2.14. The highest BCUT2D eigenvalue weighted by Crippen LogP contribution is 2.09. The fourth-order valence-electron chi connectivity index (χ4n) is 1.76. The number of benzene rings is 1. The third-order valence-electron chi connectivity index (χ3n) is 3.37. The van der Waals surface area contributed by atoms with Crippen molar-refractivity contribution in [3.63, 3.8) is 0 Å². The predicted octanol–water partition coefficient (Wildman–Crippen LogP) is 2.84. The van der Waals surface area contributed by atoms with E-state index in [4.69, 9.17) is 9.29 Å². The predicted molar refractivity (Wildman–Crippen MR) is 93.8 cm³/mol. The van der Waals surface area contributed by atoms with E-state index in [-0.39, 0.29) is 4.90 Å².